The molecule has 4 aliphatic heterocycles. The first-order chi connectivity index (χ1) is 37.0. The highest BCUT2D eigenvalue weighted by Gasteiger charge is 2.72. The maximum atomic E-state index is 12.9. The SMILES string of the molecule is C=C(C)[C@H](CC[C@](C)(O[C@@H]1O[C@H](CO[C@@H]2O[C@H](CO)[C@@H](O)[C@H](O)[C@H]2O)[C@@H](O)[C@H](O)[C@H]1O)[C@H]1CC[C@]2(C)[C@@H]1[C@H](O)C[C@H]1[C@@]3(C)CC[C@H](O[C@@H]4O[C@H](CO)[C@@H](O)[C@H](O)[C@H]4O[C@@H]4O[C@H](CO)[C@@H](O)[C@H](O)[C@H]4O)C(C)(C)[C@H]3CC[C@]12C)OO. The highest BCUT2D eigenvalue weighted by molar-refractivity contribution is 5.21. The average Bonchev–Trinajstić information content (AvgIpc) is 2.76. The number of aliphatic hydroxyl groups excluding tert-OH is 15. The van der Waals surface area contributed by atoms with Gasteiger partial charge < -0.3 is 114 Å². The Kier molecular flexibility index (Phi) is 19.6. The Hall–Kier alpha value is -1.26. The molecule has 8 fully saturated rings. The fourth-order valence-electron chi connectivity index (χ4n) is 16.4. The standard InChI is InChI=1S/C54H92O25/c1-22(2)25(79-70)10-16-54(8,78-48-44(69)40(65)37(62)29(75-48)21-71-46-42(67)38(63)34(59)26(18-55)72-46)23-9-14-53(7)33(23)24(58)17-31-51(5)13-12-32(50(3,4)30(51)11-15-52(31,53)6)76-49-45(41(66)36(61)28(20-57)74-49)77-47-43(68)39(64)35(60)27(19-56)73-47/h23-49,55-70H,1,9-21H2,2-8H3/t23-,24+,25-,26+,27+,28+,29+,30+,31-,32-,33-,34+,35+,36+,37+,38-,39-,40-,41-,42+,43+,44+,45+,46+,47-,48-,49-,51-,52+,53+,54-/m0/s1. The summed E-state index contributed by atoms with van der Waals surface area (Å²) >= 11 is 0. The van der Waals surface area contributed by atoms with Crippen molar-refractivity contribution in [2.24, 2.45) is 45.3 Å². The zero-order chi connectivity index (χ0) is 58.2. The monoisotopic (exact) mass is 1140 g/mol. The smallest absolute Gasteiger partial charge is 0.187 e. The number of hydrogen-bond acceptors (Lipinski definition) is 25. The number of ether oxygens (including phenoxy) is 8. The molecule has 4 heterocycles. The molecule has 0 aromatic rings. The highest BCUT2D eigenvalue weighted by Crippen LogP contribution is 2.76. The van der Waals surface area contributed by atoms with Crippen LogP contribution in [0.4, 0.5) is 0 Å². The Morgan fingerprint density at radius 3 is 1.66 bits per heavy atom. The van der Waals surface area contributed by atoms with Crippen LogP contribution in [-0.2, 0) is 42.8 Å². The Bertz CT molecular complexity index is 2040. The maximum Gasteiger partial charge on any atom is 0.187 e. The van der Waals surface area contributed by atoms with Gasteiger partial charge >= 0.3 is 0 Å². The van der Waals surface area contributed by atoms with Gasteiger partial charge in [-0.15, -0.1) is 0 Å². The van der Waals surface area contributed by atoms with Crippen molar-refractivity contribution in [1.29, 1.82) is 0 Å². The van der Waals surface area contributed by atoms with Gasteiger partial charge in [0.15, 0.2) is 25.2 Å². The van der Waals surface area contributed by atoms with Crippen molar-refractivity contribution in [3.05, 3.63) is 12.2 Å². The average molecular weight is 1140 g/mol. The minimum Gasteiger partial charge on any atom is -0.394 e. The summed E-state index contributed by atoms with van der Waals surface area (Å²) in [6.45, 7) is 15.8. The third kappa shape index (κ3) is 11.2. The number of rotatable bonds is 18. The quantitative estimate of drug-likeness (QED) is 0.0287. The topological polar surface area (TPSA) is 407 Å². The van der Waals surface area contributed by atoms with Gasteiger partial charge in [0.2, 0.25) is 0 Å². The molecule has 31 atom stereocenters. The minimum absolute atomic E-state index is 0.00515. The molecule has 0 bridgehead atoms. The second kappa shape index (κ2) is 24.2. The summed E-state index contributed by atoms with van der Waals surface area (Å²) in [4.78, 5) is 4.85. The first-order valence-electron chi connectivity index (χ1n) is 28.2. The molecule has 16 N–H and O–H groups in total. The lowest BCUT2D eigenvalue weighted by atomic mass is 9.35. The van der Waals surface area contributed by atoms with Crippen LogP contribution >= 0.6 is 0 Å². The Labute approximate surface area is 460 Å². The van der Waals surface area contributed by atoms with Crippen LogP contribution in [0.25, 0.3) is 0 Å². The van der Waals surface area contributed by atoms with Gasteiger partial charge in [0.25, 0.3) is 0 Å². The lowest BCUT2D eigenvalue weighted by Gasteiger charge is -2.71. The summed E-state index contributed by atoms with van der Waals surface area (Å²) in [5.41, 5.74) is -2.61. The molecule has 0 radical (unpaired) electrons. The molecule has 4 saturated carbocycles. The minimum atomic E-state index is -1.83. The summed E-state index contributed by atoms with van der Waals surface area (Å²) in [7, 11) is 0. The Morgan fingerprint density at radius 2 is 1.09 bits per heavy atom. The van der Waals surface area contributed by atoms with Crippen molar-refractivity contribution in [3.8, 4) is 0 Å². The molecule has 0 aromatic heterocycles. The van der Waals surface area contributed by atoms with Gasteiger partial charge in [0.05, 0.1) is 44.2 Å². The second-order valence-corrected chi connectivity index (χ2v) is 25.9. The molecule has 0 spiro atoms. The zero-order valence-corrected chi connectivity index (χ0v) is 46.3. The molecule has 0 amide bonds. The molecular formula is C54H92O25. The summed E-state index contributed by atoms with van der Waals surface area (Å²) < 4.78 is 48.8. The summed E-state index contributed by atoms with van der Waals surface area (Å²) in [5, 5.41) is 172. The number of aliphatic hydroxyl groups is 15. The van der Waals surface area contributed by atoms with Gasteiger partial charge in [0.1, 0.15) is 104 Å². The van der Waals surface area contributed by atoms with Crippen molar-refractivity contribution in [3.63, 3.8) is 0 Å². The van der Waals surface area contributed by atoms with E-state index in [1.807, 2.05) is 6.92 Å². The van der Waals surface area contributed by atoms with Crippen molar-refractivity contribution < 1.29 is 125 Å². The van der Waals surface area contributed by atoms with E-state index in [0.29, 0.717) is 37.7 Å². The van der Waals surface area contributed by atoms with Gasteiger partial charge in [-0.05, 0) is 123 Å². The summed E-state index contributed by atoms with van der Waals surface area (Å²) in [6, 6.07) is 0. The summed E-state index contributed by atoms with van der Waals surface area (Å²) in [5.74, 6) is -0.841. The highest BCUT2D eigenvalue weighted by atomic mass is 17.1. The molecule has 79 heavy (non-hydrogen) atoms. The molecule has 8 rings (SSSR count). The van der Waals surface area contributed by atoms with Gasteiger partial charge in [-0.2, -0.15) is 0 Å². The van der Waals surface area contributed by atoms with Crippen molar-refractivity contribution >= 4 is 0 Å². The zero-order valence-electron chi connectivity index (χ0n) is 46.3. The fourth-order valence-corrected chi connectivity index (χ4v) is 16.4. The van der Waals surface area contributed by atoms with Crippen molar-refractivity contribution in [2.45, 2.75) is 253 Å². The van der Waals surface area contributed by atoms with Crippen molar-refractivity contribution in [2.75, 3.05) is 26.4 Å². The molecule has 25 heteroatoms. The molecule has 25 nitrogen and oxygen atoms in total. The van der Waals surface area contributed by atoms with Gasteiger partial charge in [-0.3, -0.25) is 5.26 Å². The second-order valence-electron chi connectivity index (χ2n) is 25.9. The molecule has 0 aromatic carbocycles. The molecule has 4 aliphatic carbocycles. The van der Waals surface area contributed by atoms with Crippen LogP contribution in [0.2, 0.25) is 0 Å². The predicted molar refractivity (Wildman–Crippen MR) is 269 cm³/mol. The van der Waals surface area contributed by atoms with Gasteiger partial charge in [0, 0.05) is 0 Å². The summed E-state index contributed by atoms with van der Waals surface area (Å²) in [6.07, 6.45) is -30.1. The van der Waals surface area contributed by atoms with Crippen LogP contribution in [0.3, 0.4) is 0 Å². The van der Waals surface area contributed by atoms with E-state index in [1.54, 1.807) is 6.92 Å². The lowest BCUT2D eigenvalue weighted by Crippen LogP contribution is -2.68. The largest absolute Gasteiger partial charge is 0.394 e. The fraction of sp³-hybridized carbons (Fsp3) is 0.963. The van der Waals surface area contributed by atoms with E-state index in [1.165, 1.54) is 0 Å². The number of fused-ring (bicyclic) bond motifs is 5. The van der Waals surface area contributed by atoms with E-state index in [9.17, 15) is 81.9 Å². The van der Waals surface area contributed by atoms with Crippen LogP contribution in [0, 0.1) is 45.3 Å². The maximum absolute atomic E-state index is 12.9. The van der Waals surface area contributed by atoms with Gasteiger partial charge in [-0.1, -0.05) is 41.2 Å². The van der Waals surface area contributed by atoms with E-state index in [2.05, 4.69) is 41.2 Å². The van der Waals surface area contributed by atoms with E-state index in [4.69, 9.17) is 42.8 Å². The Balaban J connectivity index is 1.02. The van der Waals surface area contributed by atoms with E-state index in [-0.39, 0.29) is 35.5 Å². The van der Waals surface area contributed by atoms with Crippen LogP contribution in [0.5, 0.6) is 0 Å². The Morgan fingerprint density at radius 1 is 0.582 bits per heavy atom. The van der Waals surface area contributed by atoms with Crippen molar-refractivity contribution in [1.82, 2.24) is 0 Å². The van der Waals surface area contributed by atoms with E-state index < -0.39 is 196 Å². The van der Waals surface area contributed by atoms with Gasteiger partial charge in [-0.25, -0.2) is 4.89 Å². The third-order valence-electron chi connectivity index (χ3n) is 21.3. The van der Waals surface area contributed by atoms with Crippen LogP contribution in [-0.4, -0.2) is 255 Å². The molecule has 0 unspecified atom stereocenters. The predicted octanol–water partition coefficient (Wildman–Crippen LogP) is -2.73. The normalized spacial score (nSPS) is 52.1. The van der Waals surface area contributed by atoms with Crippen LogP contribution < -0.4 is 0 Å². The lowest BCUT2D eigenvalue weighted by molar-refractivity contribution is -0.378. The number of hydrogen-bond donors (Lipinski definition) is 16. The molecular weight excluding hydrogens is 1050 g/mol. The molecule has 4 saturated heterocycles. The third-order valence-corrected chi connectivity index (χ3v) is 21.3. The van der Waals surface area contributed by atoms with E-state index in [0.717, 1.165) is 12.8 Å². The van der Waals surface area contributed by atoms with E-state index >= 15 is 0 Å². The molecule has 458 valence electrons. The van der Waals surface area contributed by atoms with Crippen LogP contribution in [0.15, 0.2) is 12.2 Å². The van der Waals surface area contributed by atoms with Crippen LogP contribution in [0.1, 0.15) is 106 Å². The first-order valence-corrected chi connectivity index (χ1v) is 28.2. The molecule has 8 aliphatic rings. The first kappa shape index (κ1) is 63.8.